The van der Waals surface area contributed by atoms with Gasteiger partial charge in [-0.05, 0) is 36.4 Å². The topological polar surface area (TPSA) is 68.5 Å². The van der Waals surface area contributed by atoms with E-state index in [-0.39, 0.29) is 11.3 Å². The van der Waals surface area contributed by atoms with Crippen LogP contribution in [-0.2, 0) is 0 Å². The standard InChI is InChI=1S/C23H17NO4/c1-27-18-9-5-8-16(12-18)23(26)24-17-10-11-21-19(13-17)20(25)14-22(28-21)15-6-3-2-4-7-15/h2-14H,1H3,(H,24,26). The van der Waals surface area contributed by atoms with Crippen LogP contribution >= 0.6 is 0 Å². The Labute approximate surface area is 161 Å². The lowest BCUT2D eigenvalue weighted by molar-refractivity contribution is 0.102. The van der Waals surface area contributed by atoms with E-state index in [1.165, 1.54) is 6.07 Å². The van der Waals surface area contributed by atoms with Gasteiger partial charge in [-0.2, -0.15) is 0 Å². The smallest absolute Gasteiger partial charge is 0.255 e. The van der Waals surface area contributed by atoms with Gasteiger partial charge in [0.25, 0.3) is 5.91 Å². The van der Waals surface area contributed by atoms with Crippen molar-refractivity contribution in [1.82, 2.24) is 0 Å². The number of hydrogen-bond acceptors (Lipinski definition) is 4. The molecule has 5 nitrogen and oxygen atoms in total. The normalized spacial score (nSPS) is 10.6. The van der Waals surface area contributed by atoms with E-state index in [2.05, 4.69) is 5.32 Å². The lowest BCUT2D eigenvalue weighted by atomic mass is 10.1. The van der Waals surface area contributed by atoms with Gasteiger partial charge in [-0.15, -0.1) is 0 Å². The quantitative estimate of drug-likeness (QED) is 0.563. The van der Waals surface area contributed by atoms with Crippen molar-refractivity contribution in [2.45, 2.75) is 0 Å². The summed E-state index contributed by atoms with van der Waals surface area (Å²) in [5.74, 6) is 0.815. The summed E-state index contributed by atoms with van der Waals surface area (Å²) < 4.78 is 11.0. The van der Waals surface area contributed by atoms with Gasteiger partial charge in [0.15, 0.2) is 5.43 Å². The van der Waals surface area contributed by atoms with E-state index in [0.717, 1.165) is 5.56 Å². The molecule has 0 unspecified atom stereocenters. The molecule has 5 heteroatoms. The van der Waals surface area contributed by atoms with E-state index in [1.807, 2.05) is 30.3 Å². The minimum Gasteiger partial charge on any atom is -0.497 e. The second-order valence-corrected chi connectivity index (χ2v) is 6.24. The average molecular weight is 371 g/mol. The molecular formula is C23H17NO4. The second-order valence-electron chi connectivity index (χ2n) is 6.24. The van der Waals surface area contributed by atoms with E-state index < -0.39 is 0 Å². The molecular weight excluding hydrogens is 354 g/mol. The molecule has 0 aliphatic rings. The van der Waals surface area contributed by atoms with E-state index in [9.17, 15) is 9.59 Å². The first-order chi connectivity index (χ1) is 13.6. The molecule has 0 spiro atoms. The molecule has 1 aromatic heterocycles. The van der Waals surface area contributed by atoms with E-state index in [0.29, 0.717) is 33.7 Å². The molecule has 4 aromatic rings. The van der Waals surface area contributed by atoms with E-state index in [4.69, 9.17) is 9.15 Å². The maximum atomic E-state index is 12.6. The number of nitrogens with one attached hydrogen (secondary N) is 1. The number of carbonyl (C=O) groups excluding carboxylic acids is 1. The van der Waals surface area contributed by atoms with Crippen molar-refractivity contribution in [3.63, 3.8) is 0 Å². The fourth-order valence-corrected chi connectivity index (χ4v) is 2.95. The van der Waals surface area contributed by atoms with Crippen molar-refractivity contribution in [2.24, 2.45) is 0 Å². The summed E-state index contributed by atoms with van der Waals surface area (Å²) in [5, 5.41) is 3.21. The summed E-state index contributed by atoms with van der Waals surface area (Å²) in [6.45, 7) is 0. The molecule has 1 amide bonds. The predicted molar refractivity (Wildman–Crippen MR) is 109 cm³/mol. The summed E-state index contributed by atoms with van der Waals surface area (Å²) >= 11 is 0. The third-order valence-corrected chi connectivity index (χ3v) is 4.38. The second kappa shape index (κ2) is 7.40. The fraction of sp³-hybridized carbons (Fsp3) is 0.0435. The zero-order valence-corrected chi connectivity index (χ0v) is 15.1. The molecule has 0 bridgehead atoms. The lowest BCUT2D eigenvalue weighted by Crippen LogP contribution is -2.12. The molecule has 0 saturated heterocycles. The van der Waals surface area contributed by atoms with Crippen LogP contribution in [-0.4, -0.2) is 13.0 Å². The lowest BCUT2D eigenvalue weighted by Gasteiger charge is -2.08. The number of methoxy groups -OCH3 is 1. The largest absolute Gasteiger partial charge is 0.497 e. The van der Waals surface area contributed by atoms with Crippen LogP contribution in [0.15, 0.2) is 88.1 Å². The van der Waals surface area contributed by atoms with Gasteiger partial charge in [0.2, 0.25) is 0 Å². The Bertz CT molecular complexity index is 1210. The van der Waals surface area contributed by atoms with Crippen LogP contribution in [0.1, 0.15) is 10.4 Å². The van der Waals surface area contributed by atoms with Crippen molar-refractivity contribution < 1.29 is 13.9 Å². The summed E-state index contributed by atoms with van der Waals surface area (Å²) in [7, 11) is 1.54. The summed E-state index contributed by atoms with van der Waals surface area (Å²) in [5.41, 5.74) is 2.10. The molecule has 3 aromatic carbocycles. The maximum absolute atomic E-state index is 12.6. The Kier molecular flexibility index (Phi) is 4.64. The first-order valence-electron chi connectivity index (χ1n) is 8.73. The molecule has 28 heavy (non-hydrogen) atoms. The van der Waals surface area contributed by atoms with Gasteiger partial charge in [-0.3, -0.25) is 9.59 Å². The van der Waals surface area contributed by atoms with Crippen LogP contribution < -0.4 is 15.5 Å². The molecule has 0 fully saturated rings. The van der Waals surface area contributed by atoms with Crippen LogP contribution in [0.5, 0.6) is 5.75 Å². The molecule has 0 atom stereocenters. The third kappa shape index (κ3) is 3.50. The van der Waals surface area contributed by atoms with Gasteiger partial charge in [0.1, 0.15) is 17.1 Å². The molecule has 1 heterocycles. The highest BCUT2D eigenvalue weighted by Gasteiger charge is 2.11. The predicted octanol–water partition coefficient (Wildman–Crippen LogP) is 4.72. The van der Waals surface area contributed by atoms with Gasteiger partial charge in [-0.1, -0.05) is 36.4 Å². The molecule has 0 saturated carbocycles. The van der Waals surface area contributed by atoms with Crippen LogP contribution in [0, 0.1) is 0 Å². The third-order valence-electron chi connectivity index (χ3n) is 4.38. The monoisotopic (exact) mass is 371 g/mol. The highest BCUT2D eigenvalue weighted by molar-refractivity contribution is 6.05. The molecule has 0 radical (unpaired) electrons. The minimum atomic E-state index is -0.288. The first kappa shape index (κ1) is 17.5. The number of anilines is 1. The number of carbonyl (C=O) groups is 1. The number of ether oxygens (including phenoxy) is 1. The number of amides is 1. The van der Waals surface area contributed by atoms with E-state index >= 15 is 0 Å². The van der Waals surface area contributed by atoms with Gasteiger partial charge in [0.05, 0.1) is 12.5 Å². The highest BCUT2D eigenvalue weighted by atomic mass is 16.5. The van der Waals surface area contributed by atoms with Crippen molar-refractivity contribution in [2.75, 3.05) is 12.4 Å². The molecule has 0 aliphatic carbocycles. The van der Waals surface area contributed by atoms with E-state index in [1.54, 1.807) is 49.6 Å². The molecule has 4 rings (SSSR count). The number of rotatable bonds is 4. The number of hydrogen-bond donors (Lipinski definition) is 1. The maximum Gasteiger partial charge on any atom is 0.255 e. The molecule has 0 aliphatic heterocycles. The van der Waals surface area contributed by atoms with Gasteiger partial charge in [0, 0.05) is 22.9 Å². The summed E-state index contributed by atoms with van der Waals surface area (Å²) in [6, 6.07) is 22.8. The fourth-order valence-electron chi connectivity index (χ4n) is 2.95. The average Bonchev–Trinajstić information content (AvgIpc) is 2.74. The Morgan fingerprint density at radius 3 is 2.54 bits per heavy atom. The van der Waals surface area contributed by atoms with Gasteiger partial charge >= 0.3 is 0 Å². The first-order valence-corrected chi connectivity index (χ1v) is 8.73. The van der Waals surface area contributed by atoms with Crippen molar-refractivity contribution in [3.05, 3.63) is 94.6 Å². The zero-order chi connectivity index (χ0) is 19.5. The Morgan fingerprint density at radius 1 is 0.929 bits per heavy atom. The van der Waals surface area contributed by atoms with Crippen molar-refractivity contribution >= 4 is 22.6 Å². The summed E-state index contributed by atoms with van der Waals surface area (Å²) in [4.78, 5) is 25.0. The Hall–Kier alpha value is -3.86. The zero-order valence-electron chi connectivity index (χ0n) is 15.1. The molecule has 138 valence electrons. The van der Waals surface area contributed by atoms with Crippen LogP contribution in [0.3, 0.4) is 0 Å². The van der Waals surface area contributed by atoms with Gasteiger partial charge in [-0.25, -0.2) is 0 Å². The van der Waals surface area contributed by atoms with Crippen LogP contribution in [0.2, 0.25) is 0 Å². The van der Waals surface area contributed by atoms with Crippen LogP contribution in [0.25, 0.3) is 22.3 Å². The molecule has 1 N–H and O–H groups in total. The number of benzene rings is 3. The van der Waals surface area contributed by atoms with Crippen LogP contribution in [0.4, 0.5) is 5.69 Å². The summed E-state index contributed by atoms with van der Waals surface area (Å²) in [6.07, 6.45) is 0. The minimum absolute atomic E-state index is 0.169. The number of fused-ring (bicyclic) bond motifs is 1. The Morgan fingerprint density at radius 2 is 1.75 bits per heavy atom. The highest BCUT2D eigenvalue weighted by Crippen LogP contribution is 2.24. The van der Waals surface area contributed by atoms with Crippen molar-refractivity contribution in [1.29, 1.82) is 0 Å². The SMILES string of the molecule is COc1cccc(C(=O)Nc2ccc3oc(-c4ccccc4)cc(=O)c3c2)c1. The van der Waals surface area contributed by atoms with Crippen molar-refractivity contribution in [3.8, 4) is 17.1 Å². The Balaban J connectivity index is 1.65. The van der Waals surface area contributed by atoms with Gasteiger partial charge < -0.3 is 14.5 Å².